The second-order valence-electron chi connectivity index (χ2n) is 5.18. The van der Waals surface area contributed by atoms with Gasteiger partial charge in [0.1, 0.15) is 18.2 Å². The van der Waals surface area contributed by atoms with Crippen molar-refractivity contribution in [1.29, 1.82) is 0 Å². The van der Waals surface area contributed by atoms with Crippen LogP contribution in [0.15, 0.2) is 57.7 Å². The van der Waals surface area contributed by atoms with Gasteiger partial charge in [-0.05, 0) is 52.7 Å². The number of rotatable bonds is 4. The molecule has 0 unspecified atom stereocenters. The lowest BCUT2D eigenvalue weighted by Gasteiger charge is -2.09. The number of carbonyl (C=O) groups excluding carboxylic acids is 1. The second-order valence-corrected chi connectivity index (χ2v) is 6.04. The van der Waals surface area contributed by atoms with Crippen molar-refractivity contribution in [1.82, 2.24) is 0 Å². The molecule has 0 saturated carbocycles. The number of carbonyl (C=O) groups is 1. The van der Waals surface area contributed by atoms with Crippen molar-refractivity contribution < 1.29 is 18.8 Å². The molecule has 24 heavy (non-hydrogen) atoms. The molecule has 0 fully saturated rings. The van der Waals surface area contributed by atoms with Crippen molar-refractivity contribution in [3.05, 3.63) is 69.5 Å². The maximum atomic E-state index is 13.6. The first-order valence-corrected chi connectivity index (χ1v) is 7.97. The second kappa shape index (κ2) is 6.97. The van der Waals surface area contributed by atoms with Crippen LogP contribution in [0.25, 0.3) is 6.08 Å². The van der Waals surface area contributed by atoms with E-state index in [1.54, 1.807) is 43.3 Å². The van der Waals surface area contributed by atoms with Crippen molar-refractivity contribution in [3.63, 3.8) is 0 Å². The van der Waals surface area contributed by atoms with Crippen LogP contribution in [0, 0.1) is 5.82 Å². The molecule has 1 aliphatic heterocycles. The van der Waals surface area contributed by atoms with Gasteiger partial charge in [-0.25, -0.2) is 9.18 Å². The Morgan fingerprint density at radius 1 is 1.29 bits per heavy atom. The van der Waals surface area contributed by atoms with Crippen LogP contribution in [0.1, 0.15) is 18.1 Å². The van der Waals surface area contributed by atoms with Gasteiger partial charge in [-0.1, -0.05) is 29.4 Å². The van der Waals surface area contributed by atoms with E-state index in [4.69, 9.17) is 4.74 Å². The summed E-state index contributed by atoms with van der Waals surface area (Å²) >= 11 is 3.42. The molecule has 0 atom stereocenters. The van der Waals surface area contributed by atoms with E-state index in [1.807, 2.05) is 6.07 Å². The molecule has 1 heterocycles. The summed E-state index contributed by atoms with van der Waals surface area (Å²) in [5.74, 6) is -0.187. The molecule has 1 aliphatic rings. The molecule has 0 saturated heterocycles. The van der Waals surface area contributed by atoms with E-state index in [9.17, 15) is 9.18 Å². The number of benzene rings is 2. The minimum absolute atomic E-state index is 0.129. The van der Waals surface area contributed by atoms with Crippen LogP contribution in [0.2, 0.25) is 0 Å². The third-order valence-electron chi connectivity index (χ3n) is 3.48. The minimum atomic E-state index is -0.469. The van der Waals surface area contributed by atoms with Crippen molar-refractivity contribution >= 4 is 33.7 Å². The number of hydrogen-bond donors (Lipinski definition) is 0. The van der Waals surface area contributed by atoms with Crippen molar-refractivity contribution in [2.45, 2.75) is 13.5 Å². The molecule has 122 valence electrons. The summed E-state index contributed by atoms with van der Waals surface area (Å²) in [7, 11) is 0. The van der Waals surface area contributed by atoms with Gasteiger partial charge in [-0.2, -0.15) is 0 Å². The first kappa shape index (κ1) is 16.4. The SMILES string of the molecule is CC1=NOC(=O)C1=Cc1ccc(OCc2ccccc2F)c(Br)c1. The Balaban J connectivity index is 1.76. The summed E-state index contributed by atoms with van der Waals surface area (Å²) in [4.78, 5) is 16.2. The molecule has 3 rings (SSSR count). The minimum Gasteiger partial charge on any atom is -0.488 e. The van der Waals surface area contributed by atoms with Gasteiger partial charge in [-0.15, -0.1) is 0 Å². The third-order valence-corrected chi connectivity index (χ3v) is 4.10. The van der Waals surface area contributed by atoms with E-state index in [0.29, 0.717) is 27.1 Å². The summed E-state index contributed by atoms with van der Waals surface area (Å²) in [5.41, 5.74) is 2.23. The number of ether oxygens (including phenoxy) is 1. The summed E-state index contributed by atoms with van der Waals surface area (Å²) in [5, 5.41) is 3.63. The van der Waals surface area contributed by atoms with Crippen molar-refractivity contribution in [3.8, 4) is 5.75 Å². The lowest BCUT2D eigenvalue weighted by atomic mass is 10.1. The predicted octanol–water partition coefficient (Wildman–Crippen LogP) is 4.48. The Hall–Kier alpha value is -2.47. The Morgan fingerprint density at radius 3 is 2.75 bits per heavy atom. The fraction of sp³-hybridized carbons (Fsp3) is 0.111. The summed E-state index contributed by atoms with van der Waals surface area (Å²) < 4.78 is 20.0. The summed E-state index contributed by atoms with van der Waals surface area (Å²) in [6.07, 6.45) is 1.69. The molecule has 2 aromatic rings. The predicted molar refractivity (Wildman–Crippen MR) is 92.1 cm³/mol. The van der Waals surface area contributed by atoms with Crippen LogP contribution in [0.3, 0.4) is 0 Å². The van der Waals surface area contributed by atoms with Gasteiger partial charge in [0, 0.05) is 5.56 Å². The van der Waals surface area contributed by atoms with Crippen LogP contribution in [0.4, 0.5) is 4.39 Å². The van der Waals surface area contributed by atoms with Crippen LogP contribution in [-0.4, -0.2) is 11.7 Å². The van der Waals surface area contributed by atoms with Gasteiger partial charge >= 0.3 is 5.97 Å². The quantitative estimate of drug-likeness (QED) is 0.571. The zero-order valence-corrected chi connectivity index (χ0v) is 14.3. The molecule has 0 N–H and O–H groups in total. The highest BCUT2D eigenvalue weighted by Crippen LogP contribution is 2.28. The standard InChI is InChI=1S/C18H13BrFNO3/c1-11-14(18(22)24-21-11)8-12-6-7-17(15(19)9-12)23-10-13-4-2-3-5-16(13)20/h2-9H,10H2,1H3. The molecule has 0 amide bonds. The van der Waals surface area contributed by atoms with Crippen molar-refractivity contribution in [2.24, 2.45) is 5.16 Å². The van der Waals surface area contributed by atoms with Gasteiger partial charge < -0.3 is 9.57 Å². The molecule has 0 aromatic heterocycles. The molecule has 0 bridgehead atoms. The van der Waals surface area contributed by atoms with Gasteiger partial charge in [0.15, 0.2) is 0 Å². The van der Waals surface area contributed by atoms with Crippen LogP contribution in [-0.2, 0) is 16.2 Å². The Morgan fingerprint density at radius 2 is 2.08 bits per heavy atom. The molecular weight excluding hydrogens is 377 g/mol. The molecule has 0 spiro atoms. The van der Waals surface area contributed by atoms with E-state index in [2.05, 4.69) is 25.9 Å². The Kier molecular flexibility index (Phi) is 4.76. The zero-order valence-electron chi connectivity index (χ0n) is 12.8. The van der Waals surface area contributed by atoms with E-state index >= 15 is 0 Å². The van der Waals surface area contributed by atoms with E-state index in [0.717, 1.165) is 5.56 Å². The normalized spacial score (nSPS) is 15.4. The monoisotopic (exact) mass is 389 g/mol. The topological polar surface area (TPSA) is 47.9 Å². The number of halogens is 2. The average molecular weight is 390 g/mol. The molecular formula is C18H13BrFNO3. The largest absolute Gasteiger partial charge is 0.488 e. The zero-order chi connectivity index (χ0) is 17.1. The van der Waals surface area contributed by atoms with E-state index < -0.39 is 5.97 Å². The third kappa shape index (κ3) is 3.54. The maximum absolute atomic E-state index is 13.6. The average Bonchev–Trinajstić information content (AvgIpc) is 2.87. The number of hydrogen-bond acceptors (Lipinski definition) is 4. The number of oxime groups is 1. The molecule has 0 aliphatic carbocycles. The first-order chi connectivity index (χ1) is 11.5. The fourth-order valence-corrected chi connectivity index (χ4v) is 2.69. The fourth-order valence-electron chi connectivity index (χ4n) is 2.18. The van der Waals surface area contributed by atoms with Gasteiger partial charge in [0.25, 0.3) is 0 Å². The maximum Gasteiger partial charge on any atom is 0.367 e. The van der Waals surface area contributed by atoms with Crippen molar-refractivity contribution in [2.75, 3.05) is 0 Å². The lowest BCUT2D eigenvalue weighted by molar-refractivity contribution is -0.136. The summed E-state index contributed by atoms with van der Waals surface area (Å²) in [6, 6.07) is 11.8. The summed E-state index contributed by atoms with van der Waals surface area (Å²) in [6.45, 7) is 1.83. The highest BCUT2D eigenvalue weighted by atomic mass is 79.9. The highest BCUT2D eigenvalue weighted by molar-refractivity contribution is 9.10. The van der Waals surface area contributed by atoms with Gasteiger partial charge in [-0.3, -0.25) is 0 Å². The van der Waals surface area contributed by atoms with Crippen LogP contribution >= 0.6 is 15.9 Å². The van der Waals surface area contributed by atoms with E-state index in [-0.39, 0.29) is 12.4 Å². The Labute approximate surface area is 146 Å². The lowest BCUT2D eigenvalue weighted by Crippen LogP contribution is -2.02. The number of nitrogens with zero attached hydrogens (tertiary/aromatic N) is 1. The van der Waals surface area contributed by atoms with Crippen LogP contribution < -0.4 is 4.74 Å². The van der Waals surface area contributed by atoms with Gasteiger partial charge in [0.05, 0.1) is 15.8 Å². The highest BCUT2D eigenvalue weighted by Gasteiger charge is 2.21. The Bertz CT molecular complexity index is 861. The first-order valence-electron chi connectivity index (χ1n) is 7.18. The molecule has 6 heteroatoms. The smallest absolute Gasteiger partial charge is 0.367 e. The van der Waals surface area contributed by atoms with Crippen LogP contribution in [0.5, 0.6) is 5.75 Å². The molecule has 2 aromatic carbocycles. The molecule has 4 nitrogen and oxygen atoms in total. The van der Waals surface area contributed by atoms with Gasteiger partial charge in [0.2, 0.25) is 0 Å². The molecule has 0 radical (unpaired) electrons. The van der Waals surface area contributed by atoms with E-state index in [1.165, 1.54) is 6.07 Å².